The summed E-state index contributed by atoms with van der Waals surface area (Å²) in [4.78, 5) is 12.0. The second-order valence-corrected chi connectivity index (χ2v) is 6.05. The third-order valence-corrected chi connectivity index (χ3v) is 4.37. The highest BCUT2D eigenvalue weighted by molar-refractivity contribution is 7.98. The van der Waals surface area contributed by atoms with Crippen LogP contribution in [0.5, 0.6) is 0 Å². The summed E-state index contributed by atoms with van der Waals surface area (Å²) in [7, 11) is 0. The number of nitrogens with one attached hydrogen (secondary N) is 2. The van der Waals surface area contributed by atoms with Crippen LogP contribution in [0.2, 0.25) is 0 Å². The van der Waals surface area contributed by atoms with E-state index < -0.39 is 0 Å². The number of hydrogen-bond donors (Lipinski definition) is 2. The topological polar surface area (TPSA) is 50.4 Å². The van der Waals surface area contributed by atoms with Gasteiger partial charge in [0.25, 0.3) is 0 Å². The van der Waals surface area contributed by atoms with E-state index in [4.69, 9.17) is 4.74 Å². The second kappa shape index (κ2) is 10.0. The molecule has 1 aromatic rings. The van der Waals surface area contributed by atoms with Crippen molar-refractivity contribution in [1.82, 2.24) is 10.6 Å². The van der Waals surface area contributed by atoms with Crippen LogP contribution in [0.1, 0.15) is 12.5 Å². The lowest BCUT2D eigenvalue weighted by Crippen LogP contribution is -2.55. The van der Waals surface area contributed by atoms with Gasteiger partial charge in [-0.2, -0.15) is 11.8 Å². The number of rotatable bonds is 6. The van der Waals surface area contributed by atoms with Crippen molar-refractivity contribution in [2.45, 2.75) is 24.8 Å². The molecule has 22 heavy (non-hydrogen) atoms. The van der Waals surface area contributed by atoms with Crippen molar-refractivity contribution in [3.05, 3.63) is 35.6 Å². The molecule has 0 unspecified atom stereocenters. The fourth-order valence-corrected chi connectivity index (χ4v) is 3.03. The smallest absolute Gasteiger partial charge is 0.239 e. The molecule has 1 amide bonds. The molecular weight excluding hydrogens is 327 g/mol. The van der Waals surface area contributed by atoms with E-state index in [-0.39, 0.29) is 36.3 Å². The Balaban J connectivity index is 0.00000242. The summed E-state index contributed by atoms with van der Waals surface area (Å²) in [5.74, 6) is 1.16. The van der Waals surface area contributed by atoms with Crippen LogP contribution in [-0.4, -0.2) is 43.5 Å². The summed E-state index contributed by atoms with van der Waals surface area (Å²) in [5.41, 5.74) is 0.699. The molecular formula is C15H22ClFN2O2S. The summed E-state index contributed by atoms with van der Waals surface area (Å²) in [6, 6.07) is 6.48. The fraction of sp³-hybridized carbons (Fsp3) is 0.533. The lowest BCUT2D eigenvalue weighted by atomic mass is 10.1. The minimum atomic E-state index is -0.282. The predicted octanol–water partition coefficient (Wildman–Crippen LogP) is 1.97. The highest BCUT2D eigenvalue weighted by Gasteiger charge is 2.27. The number of morpholine rings is 1. The lowest BCUT2D eigenvalue weighted by molar-refractivity contribution is -0.128. The Labute approximate surface area is 141 Å². The Bertz CT molecular complexity index is 479. The standard InChI is InChI=1S/C15H21FN2O2S.ClH/c1-11-14(17-6-8-20-11)15(19)18-7-9-21-10-12-4-2-3-5-13(12)16;/h2-5,11,14,17H,6-10H2,1H3,(H,18,19);1H/t11-,14+;/m1./s1. The molecule has 0 aromatic heterocycles. The summed E-state index contributed by atoms with van der Waals surface area (Å²) >= 11 is 1.60. The Hall–Kier alpha value is -0.820. The molecule has 0 spiro atoms. The maximum Gasteiger partial charge on any atom is 0.239 e. The Morgan fingerprint density at radius 2 is 2.27 bits per heavy atom. The van der Waals surface area contributed by atoms with Gasteiger partial charge in [-0.1, -0.05) is 18.2 Å². The van der Waals surface area contributed by atoms with Gasteiger partial charge in [0.2, 0.25) is 5.91 Å². The number of amides is 1. The van der Waals surface area contributed by atoms with Crippen molar-refractivity contribution in [2.75, 3.05) is 25.4 Å². The summed E-state index contributed by atoms with van der Waals surface area (Å²) < 4.78 is 18.8. The van der Waals surface area contributed by atoms with Crippen LogP contribution in [0, 0.1) is 5.82 Å². The zero-order chi connectivity index (χ0) is 15.1. The van der Waals surface area contributed by atoms with Gasteiger partial charge in [-0.3, -0.25) is 4.79 Å². The van der Waals surface area contributed by atoms with Gasteiger partial charge in [-0.25, -0.2) is 4.39 Å². The van der Waals surface area contributed by atoms with Crippen molar-refractivity contribution in [3.63, 3.8) is 0 Å². The molecule has 7 heteroatoms. The minimum absolute atomic E-state index is 0. The van der Waals surface area contributed by atoms with E-state index in [2.05, 4.69) is 10.6 Å². The summed E-state index contributed by atoms with van der Waals surface area (Å²) in [6.45, 7) is 3.81. The summed E-state index contributed by atoms with van der Waals surface area (Å²) in [6.07, 6.45) is -0.107. The number of halogens is 2. The third kappa shape index (κ3) is 5.76. The molecule has 0 aliphatic carbocycles. The van der Waals surface area contributed by atoms with Crippen LogP contribution >= 0.6 is 24.2 Å². The lowest BCUT2D eigenvalue weighted by Gasteiger charge is -2.29. The molecule has 2 atom stereocenters. The Morgan fingerprint density at radius 3 is 3.00 bits per heavy atom. The number of carbonyl (C=O) groups is 1. The molecule has 4 nitrogen and oxygen atoms in total. The van der Waals surface area contributed by atoms with Crippen LogP contribution in [-0.2, 0) is 15.3 Å². The van der Waals surface area contributed by atoms with Crippen molar-refractivity contribution < 1.29 is 13.9 Å². The quantitative estimate of drug-likeness (QED) is 0.772. The molecule has 1 aromatic carbocycles. The van der Waals surface area contributed by atoms with E-state index in [1.807, 2.05) is 13.0 Å². The molecule has 0 radical (unpaired) electrons. The number of carbonyl (C=O) groups excluding carboxylic acids is 1. The zero-order valence-corrected chi connectivity index (χ0v) is 14.1. The molecule has 2 rings (SSSR count). The summed E-state index contributed by atoms with van der Waals surface area (Å²) in [5, 5.41) is 6.04. The average Bonchev–Trinajstić information content (AvgIpc) is 2.49. The van der Waals surface area contributed by atoms with Gasteiger partial charge in [0, 0.05) is 24.6 Å². The number of hydrogen-bond acceptors (Lipinski definition) is 4. The van der Waals surface area contributed by atoms with Gasteiger partial charge < -0.3 is 15.4 Å². The van der Waals surface area contributed by atoms with Gasteiger partial charge in [0.05, 0.1) is 12.7 Å². The first-order valence-electron chi connectivity index (χ1n) is 7.12. The van der Waals surface area contributed by atoms with Gasteiger partial charge in [-0.05, 0) is 18.6 Å². The van der Waals surface area contributed by atoms with Crippen LogP contribution < -0.4 is 10.6 Å². The number of benzene rings is 1. The number of ether oxygens (including phenoxy) is 1. The maximum absolute atomic E-state index is 13.4. The van der Waals surface area contributed by atoms with Crippen molar-refractivity contribution in [3.8, 4) is 0 Å². The second-order valence-electron chi connectivity index (χ2n) is 4.94. The molecule has 1 aliphatic rings. The van der Waals surface area contributed by atoms with E-state index in [1.165, 1.54) is 6.07 Å². The Morgan fingerprint density at radius 1 is 1.50 bits per heavy atom. The van der Waals surface area contributed by atoms with Crippen molar-refractivity contribution in [2.24, 2.45) is 0 Å². The molecule has 124 valence electrons. The van der Waals surface area contributed by atoms with E-state index >= 15 is 0 Å². The largest absolute Gasteiger partial charge is 0.375 e. The number of thioether (sulfide) groups is 1. The average molecular weight is 349 g/mol. The maximum atomic E-state index is 13.4. The van der Waals surface area contributed by atoms with E-state index in [0.717, 1.165) is 5.75 Å². The third-order valence-electron chi connectivity index (χ3n) is 3.36. The van der Waals surface area contributed by atoms with E-state index in [0.29, 0.717) is 31.0 Å². The van der Waals surface area contributed by atoms with Gasteiger partial charge in [0.1, 0.15) is 11.9 Å². The fourth-order valence-electron chi connectivity index (χ4n) is 2.18. The molecule has 1 heterocycles. The van der Waals surface area contributed by atoms with Crippen molar-refractivity contribution >= 4 is 30.1 Å². The van der Waals surface area contributed by atoms with E-state index in [9.17, 15) is 9.18 Å². The molecule has 0 saturated carbocycles. The SMILES string of the molecule is C[C@H]1OCCN[C@@H]1C(=O)NCCSCc1ccccc1F.Cl. The first kappa shape index (κ1) is 19.2. The van der Waals surface area contributed by atoms with Crippen LogP contribution in [0.4, 0.5) is 4.39 Å². The zero-order valence-electron chi connectivity index (χ0n) is 12.5. The van der Waals surface area contributed by atoms with Crippen LogP contribution in [0.15, 0.2) is 24.3 Å². The Kier molecular flexibility index (Phi) is 8.78. The highest BCUT2D eigenvalue weighted by atomic mass is 35.5. The molecule has 1 fully saturated rings. The molecule has 0 bridgehead atoms. The van der Waals surface area contributed by atoms with Crippen molar-refractivity contribution in [1.29, 1.82) is 0 Å². The normalized spacial score (nSPS) is 21.0. The minimum Gasteiger partial charge on any atom is -0.375 e. The predicted molar refractivity (Wildman–Crippen MR) is 90.0 cm³/mol. The monoisotopic (exact) mass is 348 g/mol. The highest BCUT2D eigenvalue weighted by Crippen LogP contribution is 2.14. The molecule has 1 aliphatic heterocycles. The molecule has 2 N–H and O–H groups in total. The first-order valence-corrected chi connectivity index (χ1v) is 8.28. The van der Waals surface area contributed by atoms with Crippen LogP contribution in [0.25, 0.3) is 0 Å². The van der Waals surface area contributed by atoms with Crippen LogP contribution in [0.3, 0.4) is 0 Å². The van der Waals surface area contributed by atoms with Gasteiger partial charge in [0.15, 0.2) is 0 Å². The van der Waals surface area contributed by atoms with Gasteiger partial charge >= 0.3 is 0 Å². The van der Waals surface area contributed by atoms with E-state index in [1.54, 1.807) is 23.9 Å². The molecule has 1 saturated heterocycles. The first-order chi connectivity index (χ1) is 10.2. The van der Waals surface area contributed by atoms with Gasteiger partial charge in [-0.15, -0.1) is 12.4 Å².